The van der Waals surface area contributed by atoms with Crippen LogP contribution >= 0.6 is 0 Å². The molecule has 3 aromatic carbocycles. The molecule has 0 N–H and O–H groups in total. The molecule has 0 radical (unpaired) electrons. The first-order valence-corrected chi connectivity index (χ1v) is 13.3. The largest absolute Gasteiger partial charge is 0.462 e. The minimum atomic E-state index is -0.575. The van der Waals surface area contributed by atoms with Gasteiger partial charge in [0.05, 0.1) is 6.61 Å². The standard InChI is InChI=1S/C33H34N2O4/c1-7-38-32(36)27-28(33(37)39-30(27)25-11-9-8-10-12-25)31-34(26-14-13-20(2)17-22(26)4)15-16-35(31)29-23(5)18-21(3)19-24(29)6/h8-14,17-19H,7,15-16H2,1-6H3/b31-28-. The average Bonchev–Trinajstić information content (AvgIpc) is 3.45. The molecule has 0 aromatic heterocycles. The molecule has 1 fully saturated rings. The molecular weight excluding hydrogens is 488 g/mol. The molecule has 0 aliphatic carbocycles. The van der Waals surface area contributed by atoms with E-state index in [1.807, 2.05) is 30.3 Å². The van der Waals surface area contributed by atoms with Crippen molar-refractivity contribution in [2.24, 2.45) is 0 Å². The van der Waals surface area contributed by atoms with Crippen molar-refractivity contribution in [1.82, 2.24) is 0 Å². The summed E-state index contributed by atoms with van der Waals surface area (Å²) < 4.78 is 11.4. The highest BCUT2D eigenvalue weighted by Gasteiger charge is 2.44. The van der Waals surface area contributed by atoms with Crippen LogP contribution in [0.3, 0.4) is 0 Å². The molecular formula is C33H34N2O4. The number of rotatable bonds is 5. The number of hydrogen-bond acceptors (Lipinski definition) is 6. The van der Waals surface area contributed by atoms with Crippen molar-refractivity contribution < 1.29 is 19.1 Å². The summed E-state index contributed by atoms with van der Waals surface area (Å²) in [6.45, 7) is 13.6. The number of carbonyl (C=O) groups is 2. The van der Waals surface area contributed by atoms with Gasteiger partial charge in [0.1, 0.15) is 17.0 Å². The zero-order valence-electron chi connectivity index (χ0n) is 23.4. The van der Waals surface area contributed by atoms with Gasteiger partial charge in [-0.2, -0.15) is 0 Å². The zero-order valence-corrected chi connectivity index (χ0v) is 23.4. The van der Waals surface area contributed by atoms with E-state index in [1.54, 1.807) is 6.92 Å². The van der Waals surface area contributed by atoms with Gasteiger partial charge >= 0.3 is 11.9 Å². The molecule has 0 saturated carbocycles. The third kappa shape index (κ3) is 4.71. The second-order valence-corrected chi connectivity index (χ2v) is 10.2. The fourth-order valence-electron chi connectivity index (χ4n) is 5.79. The van der Waals surface area contributed by atoms with Crippen LogP contribution in [0.1, 0.15) is 40.3 Å². The van der Waals surface area contributed by atoms with Crippen molar-refractivity contribution in [1.29, 1.82) is 0 Å². The molecule has 0 spiro atoms. The summed E-state index contributed by atoms with van der Waals surface area (Å²) in [6, 6.07) is 19.8. The highest BCUT2D eigenvalue weighted by Crippen LogP contribution is 2.43. The number of ether oxygens (including phenoxy) is 2. The monoisotopic (exact) mass is 522 g/mol. The van der Waals surface area contributed by atoms with Gasteiger partial charge in [-0.25, -0.2) is 9.59 Å². The van der Waals surface area contributed by atoms with Gasteiger partial charge in [-0.3, -0.25) is 0 Å². The summed E-state index contributed by atoms with van der Waals surface area (Å²) in [5.74, 6) is -0.271. The van der Waals surface area contributed by atoms with Gasteiger partial charge in [0.25, 0.3) is 0 Å². The summed E-state index contributed by atoms with van der Waals surface area (Å²) in [5, 5.41) is 0. The van der Waals surface area contributed by atoms with E-state index in [0.29, 0.717) is 24.5 Å². The number of nitrogens with zero attached hydrogens (tertiary/aromatic N) is 2. The molecule has 6 heteroatoms. The van der Waals surface area contributed by atoms with Gasteiger partial charge in [0, 0.05) is 30.0 Å². The maximum atomic E-state index is 13.8. The lowest BCUT2D eigenvalue weighted by molar-refractivity contribution is -0.138. The smallest absolute Gasteiger partial charge is 0.348 e. The third-order valence-corrected chi connectivity index (χ3v) is 7.22. The van der Waals surface area contributed by atoms with Crippen molar-refractivity contribution in [3.8, 4) is 0 Å². The third-order valence-electron chi connectivity index (χ3n) is 7.22. The highest BCUT2D eigenvalue weighted by atomic mass is 16.6. The van der Waals surface area contributed by atoms with Gasteiger partial charge in [0.2, 0.25) is 0 Å². The molecule has 2 heterocycles. The number of anilines is 2. The van der Waals surface area contributed by atoms with E-state index in [0.717, 1.165) is 33.6 Å². The lowest BCUT2D eigenvalue weighted by Crippen LogP contribution is -2.29. The van der Waals surface area contributed by atoms with Crippen LogP contribution in [0.5, 0.6) is 0 Å². The van der Waals surface area contributed by atoms with Gasteiger partial charge < -0.3 is 19.3 Å². The van der Waals surface area contributed by atoms with Crippen LogP contribution < -0.4 is 9.80 Å². The van der Waals surface area contributed by atoms with Gasteiger partial charge in [-0.1, -0.05) is 65.7 Å². The molecule has 6 nitrogen and oxygen atoms in total. The maximum absolute atomic E-state index is 13.8. The van der Waals surface area contributed by atoms with E-state index in [9.17, 15) is 9.59 Å². The van der Waals surface area contributed by atoms with Crippen molar-refractivity contribution in [3.63, 3.8) is 0 Å². The topological polar surface area (TPSA) is 59.1 Å². The van der Waals surface area contributed by atoms with Crippen LogP contribution in [0, 0.1) is 34.6 Å². The van der Waals surface area contributed by atoms with E-state index in [-0.39, 0.29) is 23.5 Å². The first-order valence-electron chi connectivity index (χ1n) is 13.3. The fourth-order valence-corrected chi connectivity index (χ4v) is 5.79. The molecule has 3 aromatic rings. The van der Waals surface area contributed by atoms with Gasteiger partial charge in [-0.05, 0) is 64.3 Å². The van der Waals surface area contributed by atoms with Crippen LogP contribution in [0.4, 0.5) is 11.4 Å². The van der Waals surface area contributed by atoms with Crippen LogP contribution in [0.25, 0.3) is 5.76 Å². The lowest BCUT2D eigenvalue weighted by Gasteiger charge is -2.30. The summed E-state index contributed by atoms with van der Waals surface area (Å²) in [5.41, 5.74) is 8.66. The zero-order chi connectivity index (χ0) is 27.8. The Labute approximate surface area is 230 Å². The Balaban J connectivity index is 1.83. The van der Waals surface area contributed by atoms with Crippen LogP contribution in [-0.4, -0.2) is 31.6 Å². The van der Waals surface area contributed by atoms with Crippen LogP contribution in [-0.2, 0) is 19.1 Å². The predicted octanol–water partition coefficient (Wildman–Crippen LogP) is 6.30. The minimum Gasteiger partial charge on any atom is -0.462 e. The SMILES string of the molecule is CCOC(=O)C1=C(c2ccccc2)OC(=O)/C1=C1/N(c2ccc(C)cc2C)CCN1c1c(C)cc(C)cc1C. The maximum Gasteiger partial charge on any atom is 0.348 e. The highest BCUT2D eigenvalue weighted by molar-refractivity contribution is 6.18. The predicted molar refractivity (Wildman–Crippen MR) is 154 cm³/mol. The van der Waals surface area contributed by atoms with Crippen molar-refractivity contribution in [2.45, 2.75) is 41.5 Å². The Hall–Kier alpha value is -4.32. The second-order valence-electron chi connectivity index (χ2n) is 10.2. The molecule has 39 heavy (non-hydrogen) atoms. The van der Waals surface area contributed by atoms with Gasteiger partial charge in [0.15, 0.2) is 5.76 Å². The number of carbonyl (C=O) groups excluding carboxylic acids is 2. The van der Waals surface area contributed by atoms with Crippen LogP contribution in [0.2, 0.25) is 0 Å². The molecule has 2 aliphatic rings. The molecule has 1 saturated heterocycles. The molecule has 2 aliphatic heterocycles. The average molecular weight is 523 g/mol. The molecule has 0 atom stereocenters. The van der Waals surface area contributed by atoms with Crippen molar-refractivity contribution >= 4 is 29.1 Å². The Kier molecular flexibility index (Phi) is 7.04. The summed E-state index contributed by atoms with van der Waals surface area (Å²) in [6.07, 6.45) is 0. The van der Waals surface area contributed by atoms with E-state index in [2.05, 4.69) is 74.8 Å². The summed E-state index contributed by atoms with van der Waals surface area (Å²) in [7, 11) is 0. The number of hydrogen-bond donors (Lipinski definition) is 0. The van der Waals surface area contributed by atoms with Gasteiger partial charge in [-0.15, -0.1) is 0 Å². The Bertz CT molecular complexity index is 1510. The fraction of sp³-hybridized carbons (Fsp3) is 0.273. The molecule has 0 amide bonds. The summed E-state index contributed by atoms with van der Waals surface area (Å²) in [4.78, 5) is 31.6. The number of esters is 2. The van der Waals surface area contributed by atoms with Crippen molar-refractivity contribution in [2.75, 3.05) is 29.5 Å². The Morgan fingerprint density at radius 2 is 1.49 bits per heavy atom. The van der Waals surface area contributed by atoms with E-state index in [4.69, 9.17) is 9.47 Å². The number of aryl methyl sites for hydroxylation is 5. The first-order chi connectivity index (χ1) is 18.7. The Morgan fingerprint density at radius 1 is 0.846 bits per heavy atom. The lowest BCUT2D eigenvalue weighted by atomic mass is 10.0. The quantitative estimate of drug-likeness (QED) is 0.290. The first kappa shape index (κ1) is 26.3. The second kappa shape index (κ2) is 10.4. The Morgan fingerprint density at radius 3 is 2.13 bits per heavy atom. The molecule has 0 bridgehead atoms. The number of benzene rings is 3. The number of cyclic esters (lactones) is 1. The van der Waals surface area contributed by atoms with E-state index < -0.39 is 11.9 Å². The normalized spacial score (nSPS) is 17.2. The minimum absolute atomic E-state index is 0.159. The van der Waals surface area contributed by atoms with Crippen molar-refractivity contribution in [3.05, 3.63) is 111 Å². The van der Waals surface area contributed by atoms with E-state index in [1.165, 1.54) is 5.56 Å². The molecule has 0 unspecified atom stereocenters. The van der Waals surface area contributed by atoms with Crippen LogP contribution in [0.15, 0.2) is 77.6 Å². The molecule has 5 rings (SSSR count). The molecule has 200 valence electrons. The van der Waals surface area contributed by atoms with E-state index >= 15 is 0 Å². The summed E-state index contributed by atoms with van der Waals surface area (Å²) >= 11 is 0.